The number of aromatic nitrogens is 2. The van der Waals surface area contributed by atoms with E-state index in [1.165, 1.54) is 23.0 Å². The minimum absolute atomic E-state index is 0.00673. The van der Waals surface area contributed by atoms with E-state index in [4.69, 9.17) is 0 Å². The molecule has 4 nitrogen and oxygen atoms in total. The van der Waals surface area contributed by atoms with Crippen LogP contribution >= 0.6 is 0 Å². The summed E-state index contributed by atoms with van der Waals surface area (Å²) < 4.78 is 14.4. The molecule has 0 saturated carbocycles. The van der Waals surface area contributed by atoms with E-state index < -0.39 is 0 Å². The third-order valence-electron chi connectivity index (χ3n) is 4.05. The van der Waals surface area contributed by atoms with Crippen LogP contribution < -0.4 is 0 Å². The molecule has 2 heterocycles. The number of nitrogens with zero attached hydrogens (tertiary/aromatic N) is 3. The first-order valence-electron chi connectivity index (χ1n) is 7.24. The van der Waals surface area contributed by atoms with Gasteiger partial charge in [0.25, 0.3) is 0 Å². The number of carbonyl (C=O) groups is 1. The van der Waals surface area contributed by atoms with Crippen molar-refractivity contribution in [2.75, 3.05) is 13.1 Å². The Morgan fingerprint density at radius 1 is 1.24 bits per heavy atom. The average molecular weight is 287 g/mol. The van der Waals surface area contributed by atoms with E-state index in [2.05, 4.69) is 4.98 Å². The highest BCUT2D eigenvalue weighted by molar-refractivity contribution is 5.76. The zero-order valence-electron chi connectivity index (χ0n) is 11.8. The summed E-state index contributed by atoms with van der Waals surface area (Å²) in [5.41, 5.74) is 1.16. The maximum Gasteiger partial charge on any atom is 0.329 e. The molecule has 1 aromatic carbocycles. The first-order chi connectivity index (χ1) is 10.2. The number of hydrogen-bond acceptors (Lipinski definition) is 2. The molecule has 1 aromatic heterocycles. The summed E-state index contributed by atoms with van der Waals surface area (Å²) in [5.74, 6) is 0.363. The van der Waals surface area contributed by atoms with Gasteiger partial charge in [-0.3, -0.25) is 4.57 Å². The van der Waals surface area contributed by atoms with E-state index in [1.807, 2.05) is 17.0 Å². The number of benzene rings is 1. The third kappa shape index (κ3) is 3.29. The fourth-order valence-electron chi connectivity index (χ4n) is 2.82. The summed E-state index contributed by atoms with van der Waals surface area (Å²) in [4.78, 5) is 17.9. The molecule has 0 bridgehead atoms. The van der Waals surface area contributed by atoms with Gasteiger partial charge in [0.15, 0.2) is 0 Å². The Bertz CT molecular complexity index is 586. The Kier molecular flexibility index (Phi) is 3.99. The third-order valence-corrected chi connectivity index (χ3v) is 4.05. The first-order valence-corrected chi connectivity index (χ1v) is 7.24. The van der Waals surface area contributed by atoms with Gasteiger partial charge in [0.1, 0.15) is 12.1 Å². The highest BCUT2D eigenvalue weighted by Gasteiger charge is 2.23. The predicted molar refractivity (Wildman–Crippen MR) is 77.4 cm³/mol. The normalized spacial score (nSPS) is 16.1. The van der Waals surface area contributed by atoms with E-state index in [1.54, 1.807) is 12.4 Å². The van der Waals surface area contributed by atoms with E-state index in [9.17, 15) is 9.18 Å². The van der Waals surface area contributed by atoms with Crippen LogP contribution in [0.4, 0.5) is 9.18 Å². The highest BCUT2D eigenvalue weighted by atomic mass is 19.1. The Hall–Kier alpha value is -2.17. The van der Waals surface area contributed by atoms with Crippen LogP contribution in [0.25, 0.3) is 0 Å². The summed E-state index contributed by atoms with van der Waals surface area (Å²) in [6, 6.07) is 6.70. The van der Waals surface area contributed by atoms with Crippen molar-refractivity contribution in [3.05, 3.63) is 54.4 Å². The van der Waals surface area contributed by atoms with Crippen LogP contribution in [0.2, 0.25) is 0 Å². The van der Waals surface area contributed by atoms with Gasteiger partial charge in [-0.15, -0.1) is 0 Å². The molecule has 3 rings (SSSR count). The Morgan fingerprint density at radius 3 is 2.57 bits per heavy atom. The molecule has 0 atom stereocenters. The number of piperidine rings is 1. The Labute approximate surface area is 123 Å². The number of amides is 1. The van der Waals surface area contributed by atoms with Crippen LogP contribution in [0.5, 0.6) is 0 Å². The molecule has 0 aliphatic carbocycles. The van der Waals surface area contributed by atoms with Gasteiger partial charge in [0.2, 0.25) is 0 Å². The standard InChI is InChI=1S/C16H18FN3O/c17-15-3-1-13(2-4-15)11-14-5-8-19(9-6-14)16(21)20-10-7-18-12-20/h1-4,7,10,12,14H,5-6,8-9,11H2. The van der Waals surface area contributed by atoms with E-state index in [0.29, 0.717) is 5.92 Å². The van der Waals surface area contributed by atoms with E-state index in [-0.39, 0.29) is 11.8 Å². The van der Waals surface area contributed by atoms with Crippen LogP contribution in [0.3, 0.4) is 0 Å². The smallest absolute Gasteiger partial charge is 0.324 e. The summed E-state index contributed by atoms with van der Waals surface area (Å²) in [7, 11) is 0. The van der Waals surface area contributed by atoms with Crippen LogP contribution in [0.1, 0.15) is 18.4 Å². The zero-order valence-corrected chi connectivity index (χ0v) is 11.8. The molecule has 0 unspecified atom stereocenters. The van der Waals surface area contributed by atoms with Crippen molar-refractivity contribution >= 4 is 6.03 Å². The lowest BCUT2D eigenvalue weighted by Gasteiger charge is -2.31. The Morgan fingerprint density at radius 2 is 1.95 bits per heavy atom. The monoisotopic (exact) mass is 287 g/mol. The average Bonchev–Trinajstić information content (AvgIpc) is 3.04. The molecule has 0 radical (unpaired) electrons. The van der Waals surface area contributed by atoms with Crippen LogP contribution in [0.15, 0.2) is 43.0 Å². The number of rotatable bonds is 2. The van der Waals surface area contributed by atoms with Gasteiger partial charge in [-0.1, -0.05) is 12.1 Å². The van der Waals surface area contributed by atoms with Crippen LogP contribution in [-0.2, 0) is 6.42 Å². The van der Waals surface area contributed by atoms with Crippen molar-refractivity contribution in [3.63, 3.8) is 0 Å². The van der Waals surface area contributed by atoms with Crippen LogP contribution in [0, 0.1) is 11.7 Å². The quantitative estimate of drug-likeness (QED) is 0.851. The summed E-state index contributed by atoms with van der Waals surface area (Å²) in [6.45, 7) is 1.53. The number of hydrogen-bond donors (Lipinski definition) is 0. The minimum atomic E-state index is -0.195. The fraction of sp³-hybridized carbons (Fsp3) is 0.375. The van der Waals surface area contributed by atoms with Gasteiger partial charge in [-0.05, 0) is 42.9 Å². The molecule has 0 spiro atoms. The maximum absolute atomic E-state index is 12.9. The number of carbonyl (C=O) groups excluding carboxylic acids is 1. The van der Waals surface area contributed by atoms with Gasteiger partial charge < -0.3 is 4.90 Å². The molecular formula is C16H18FN3O. The van der Waals surface area contributed by atoms with Gasteiger partial charge in [0, 0.05) is 25.5 Å². The largest absolute Gasteiger partial charge is 0.329 e. The molecule has 110 valence electrons. The summed E-state index contributed by atoms with van der Waals surface area (Å²) in [5, 5.41) is 0. The summed E-state index contributed by atoms with van der Waals surface area (Å²) >= 11 is 0. The number of likely N-dealkylation sites (tertiary alicyclic amines) is 1. The van der Waals surface area contributed by atoms with Crippen molar-refractivity contribution in [3.8, 4) is 0 Å². The lowest BCUT2D eigenvalue weighted by molar-refractivity contribution is 0.171. The number of imidazole rings is 1. The lowest BCUT2D eigenvalue weighted by Crippen LogP contribution is -2.40. The van der Waals surface area contributed by atoms with Gasteiger partial charge >= 0.3 is 6.03 Å². The molecule has 1 aliphatic heterocycles. The maximum atomic E-state index is 12.9. The molecule has 5 heteroatoms. The van der Waals surface area contributed by atoms with Crippen molar-refractivity contribution < 1.29 is 9.18 Å². The van der Waals surface area contributed by atoms with Gasteiger partial charge in [-0.2, -0.15) is 0 Å². The highest BCUT2D eigenvalue weighted by Crippen LogP contribution is 2.22. The Balaban J connectivity index is 1.53. The second-order valence-corrected chi connectivity index (χ2v) is 5.51. The molecule has 1 aliphatic rings. The predicted octanol–water partition coefficient (Wildman–Crippen LogP) is 2.95. The van der Waals surface area contributed by atoms with Crippen molar-refractivity contribution in [1.29, 1.82) is 0 Å². The first kappa shape index (κ1) is 13.8. The van der Waals surface area contributed by atoms with Crippen LogP contribution in [-0.4, -0.2) is 33.6 Å². The minimum Gasteiger partial charge on any atom is -0.324 e. The van der Waals surface area contributed by atoms with E-state index in [0.717, 1.165) is 37.9 Å². The number of halogens is 1. The van der Waals surface area contributed by atoms with E-state index >= 15 is 0 Å². The molecule has 21 heavy (non-hydrogen) atoms. The second kappa shape index (κ2) is 6.08. The molecular weight excluding hydrogens is 269 g/mol. The zero-order chi connectivity index (χ0) is 14.7. The second-order valence-electron chi connectivity index (χ2n) is 5.51. The molecule has 1 saturated heterocycles. The summed E-state index contributed by atoms with van der Waals surface area (Å²) in [6.07, 6.45) is 7.74. The molecule has 1 amide bonds. The van der Waals surface area contributed by atoms with Gasteiger partial charge in [0.05, 0.1) is 0 Å². The molecule has 1 fully saturated rings. The van der Waals surface area contributed by atoms with Gasteiger partial charge in [-0.25, -0.2) is 14.2 Å². The fourth-order valence-corrected chi connectivity index (χ4v) is 2.82. The van der Waals surface area contributed by atoms with Crippen molar-refractivity contribution in [1.82, 2.24) is 14.5 Å². The van der Waals surface area contributed by atoms with Crippen molar-refractivity contribution in [2.24, 2.45) is 5.92 Å². The lowest BCUT2D eigenvalue weighted by atomic mass is 9.90. The van der Waals surface area contributed by atoms with Crippen molar-refractivity contribution in [2.45, 2.75) is 19.3 Å². The SMILES string of the molecule is O=C(N1CCC(Cc2ccc(F)cc2)CC1)n1ccnc1. The topological polar surface area (TPSA) is 38.1 Å². The molecule has 0 N–H and O–H groups in total. The molecule has 2 aromatic rings.